The fourth-order valence-electron chi connectivity index (χ4n) is 1.47. The third-order valence-electron chi connectivity index (χ3n) is 2.48. The molecule has 0 saturated heterocycles. The van der Waals surface area contributed by atoms with Crippen molar-refractivity contribution in [1.29, 1.82) is 5.26 Å². The number of hydrogen-bond donors (Lipinski definition) is 1. The Hall–Kier alpha value is -1.04. The zero-order valence-electron chi connectivity index (χ0n) is 10.0. The molecule has 3 nitrogen and oxygen atoms in total. The van der Waals surface area contributed by atoms with Crippen LogP contribution in [0.4, 0.5) is 0 Å². The molecular weight excluding hydrogens is 188 g/mol. The number of nitrogens with zero attached hydrogens (tertiary/aromatic N) is 1. The highest BCUT2D eigenvalue weighted by Gasteiger charge is 2.15. The molecule has 86 valence electrons. The summed E-state index contributed by atoms with van der Waals surface area (Å²) in [6.07, 6.45) is 5.36. The van der Waals surface area contributed by atoms with Gasteiger partial charge in [0.1, 0.15) is 5.92 Å². The topological polar surface area (TPSA) is 52.9 Å². The number of carbonyl (C=O) groups is 1. The first-order chi connectivity index (χ1) is 7.15. The van der Waals surface area contributed by atoms with Crippen LogP contribution in [0.25, 0.3) is 0 Å². The minimum absolute atomic E-state index is 0.132. The molecule has 0 aromatic heterocycles. The Morgan fingerprint density at radius 2 is 2.00 bits per heavy atom. The third-order valence-corrected chi connectivity index (χ3v) is 2.48. The third kappa shape index (κ3) is 6.11. The van der Waals surface area contributed by atoms with E-state index in [0.717, 1.165) is 32.1 Å². The van der Waals surface area contributed by atoms with E-state index in [2.05, 4.69) is 19.2 Å². The van der Waals surface area contributed by atoms with Gasteiger partial charge in [-0.3, -0.25) is 4.79 Å². The summed E-state index contributed by atoms with van der Waals surface area (Å²) in [6, 6.07) is 2.20. The highest BCUT2D eigenvalue weighted by Crippen LogP contribution is 2.07. The zero-order valence-corrected chi connectivity index (χ0v) is 10.0. The first-order valence-corrected chi connectivity index (χ1v) is 5.85. The lowest BCUT2D eigenvalue weighted by molar-refractivity contribution is -0.123. The molecule has 0 aromatic rings. The summed E-state index contributed by atoms with van der Waals surface area (Å²) >= 11 is 0. The molecule has 1 N–H and O–H groups in total. The van der Waals surface area contributed by atoms with Crippen molar-refractivity contribution in [3.05, 3.63) is 0 Å². The van der Waals surface area contributed by atoms with Crippen LogP contribution in [0.3, 0.4) is 0 Å². The minimum Gasteiger partial charge on any atom is -0.352 e. The summed E-state index contributed by atoms with van der Waals surface area (Å²) in [5.41, 5.74) is 0. The molecule has 0 aliphatic heterocycles. The van der Waals surface area contributed by atoms with Crippen LogP contribution in [0, 0.1) is 17.2 Å². The molecule has 0 saturated carbocycles. The van der Waals surface area contributed by atoms with Gasteiger partial charge in [-0.1, -0.05) is 33.1 Å². The van der Waals surface area contributed by atoms with Gasteiger partial charge in [0.2, 0.25) is 5.91 Å². The molecule has 0 heterocycles. The van der Waals surface area contributed by atoms with Crippen LogP contribution in [-0.2, 0) is 4.79 Å². The van der Waals surface area contributed by atoms with E-state index >= 15 is 0 Å². The van der Waals surface area contributed by atoms with Gasteiger partial charge < -0.3 is 5.32 Å². The summed E-state index contributed by atoms with van der Waals surface area (Å²) in [5, 5.41) is 11.6. The van der Waals surface area contributed by atoms with E-state index in [9.17, 15) is 4.79 Å². The summed E-state index contributed by atoms with van der Waals surface area (Å²) in [5.74, 6) is -0.668. The Morgan fingerprint density at radius 3 is 2.47 bits per heavy atom. The Morgan fingerprint density at radius 1 is 1.33 bits per heavy atom. The first-order valence-electron chi connectivity index (χ1n) is 5.85. The summed E-state index contributed by atoms with van der Waals surface area (Å²) in [7, 11) is 0. The monoisotopic (exact) mass is 210 g/mol. The minimum atomic E-state index is -0.536. The number of nitriles is 1. The second-order valence-corrected chi connectivity index (χ2v) is 3.99. The van der Waals surface area contributed by atoms with Gasteiger partial charge in [-0.25, -0.2) is 0 Å². The van der Waals surface area contributed by atoms with E-state index in [1.165, 1.54) is 0 Å². The quantitative estimate of drug-likeness (QED) is 0.702. The van der Waals surface area contributed by atoms with Gasteiger partial charge in [-0.2, -0.15) is 5.26 Å². The molecule has 0 bridgehead atoms. The SMILES string of the molecule is CCCCC(CCC)NC(=O)C(C)C#N. The van der Waals surface area contributed by atoms with Gasteiger partial charge in [-0.15, -0.1) is 0 Å². The lowest BCUT2D eigenvalue weighted by Gasteiger charge is -2.18. The standard InChI is InChI=1S/C12H22N2O/c1-4-6-8-11(7-5-2)14-12(15)10(3)9-13/h10-11H,4-8H2,1-3H3,(H,14,15). The number of nitrogens with one attached hydrogen (secondary N) is 1. The van der Waals surface area contributed by atoms with Gasteiger partial charge in [0.15, 0.2) is 0 Å². The molecule has 1 amide bonds. The second kappa shape index (κ2) is 8.28. The molecule has 0 radical (unpaired) electrons. The fraction of sp³-hybridized carbons (Fsp3) is 0.833. The normalized spacial score (nSPS) is 14.0. The number of amides is 1. The second-order valence-electron chi connectivity index (χ2n) is 3.99. The molecule has 0 spiro atoms. The van der Waals surface area contributed by atoms with E-state index in [1.54, 1.807) is 6.92 Å². The van der Waals surface area contributed by atoms with E-state index in [4.69, 9.17) is 5.26 Å². The van der Waals surface area contributed by atoms with Crippen LogP contribution in [0.2, 0.25) is 0 Å². The van der Waals surface area contributed by atoms with Crippen LogP contribution >= 0.6 is 0 Å². The predicted octanol–water partition coefficient (Wildman–Crippen LogP) is 2.62. The van der Waals surface area contributed by atoms with E-state index in [-0.39, 0.29) is 11.9 Å². The van der Waals surface area contributed by atoms with Crippen LogP contribution in [-0.4, -0.2) is 11.9 Å². The Kier molecular flexibility index (Phi) is 7.71. The molecular formula is C12H22N2O. The largest absolute Gasteiger partial charge is 0.352 e. The average molecular weight is 210 g/mol. The summed E-state index contributed by atoms with van der Waals surface area (Å²) < 4.78 is 0. The maximum absolute atomic E-state index is 11.5. The van der Waals surface area contributed by atoms with Gasteiger partial charge >= 0.3 is 0 Å². The number of carbonyl (C=O) groups excluding carboxylic acids is 1. The molecule has 15 heavy (non-hydrogen) atoms. The highest BCUT2D eigenvalue weighted by atomic mass is 16.1. The first kappa shape index (κ1) is 14.0. The van der Waals surface area contributed by atoms with E-state index < -0.39 is 5.92 Å². The van der Waals surface area contributed by atoms with Gasteiger partial charge in [0.05, 0.1) is 6.07 Å². The molecule has 0 aliphatic rings. The molecule has 2 atom stereocenters. The van der Waals surface area contributed by atoms with Crippen LogP contribution in [0.1, 0.15) is 52.9 Å². The molecule has 0 aliphatic carbocycles. The molecule has 2 unspecified atom stereocenters. The lowest BCUT2D eigenvalue weighted by Crippen LogP contribution is -2.37. The molecule has 0 rings (SSSR count). The van der Waals surface area contributed by atoms with Crippen LogP contribution in [0.15, 0.2) is 0 Å². The van der Waals surface area contributed by atoms with E-state index in [0.29, 0.717) is 0 Å². The molecule has 3 heteroatoms. The lowest BCUT2D eigenvalue weighted by atomic mass is 10.0. The molecule has 0 fully saturated rings. The van der Waals surface area contributed by atoms with Crippen LogP contribution in [0.5, 0.6) is 0 Å². The maximum atomic E-state index is 11.5. The number of hydrogen-bond acceptors (Lipinski definition) is 2. The maximum Gasteiger partial charge on any atom is 0.237 e. The van der Waals surface area contributed by atoms with Gasteiger partial charge in [0, 0.05) is 6.04 Å². The van der Waals surface area contributed by atoms with Crippen molar-refractivity contribution in [2.45, 2.75) is 58.9 Å². The van der Waals surface area contributed by atoms with Crippen molar-refractivity contribution < 1.29 is 4.79 Å². The Labute approximate surface area is 92.9 Å². The predicted molar refractivity (Wildman–Crippen MR) is 61.1 cm³/mol. The smallest absolute Gasteiger partial charge is 0.237 e. The van der Waals surface area contributed by atoms with Crippen molar-refractivity contribution in [2.24, 2.45) is 5.92 Å². The number of rotatable bonds is 7. The van der Waals surface area contributed by atoms with Crippen molar-refractivity contribution >= 4 is 5.91 Å². The fourth-order valence-corrected chi connectivity index (χ4v) is 1.47. The van der Waals surface area contributed by atoms with Gasteiger partial charge in [-0.05, 0) is 19.8 Å². The number of unbranched alkanes of at least 4 members (excludes halogenated alkanes) is 1. The van der Waals surface area contributed by atoms with E-state index in [1.807, 2.05) is 6.07 Å². The Balaban J connectivity index is 4.04. The molecule has 0 aromatic carbocycles. The highest BCUT2D eigenvalue weighted by molar-refractivity contribution is 5.80. The van der Waals surface area contributed by atoms with Crippen molar-refractivity contribution in [3.8, 4) is 6.07 Å². The summed E-state index contributed by atoms with van der Waals surface area (Å²) in [4.78, 5) is 11.5. The van der Waals surface area contributed by atoms with Crippen molar-refractivity contribution in [3.63, 3.8) is 0 Å². The average Bonchev–Trinajstić information content (AvgIpc) is 2.24. The summed E-state index contributed by atoms with van der Waals surface area (Å²) in [6.45, 7) is 5.89. The van der Waals surface area contributed by atoms with Crippen LogP contribution < -0.4 is 5.32 Å². The Bertz CT molecular complexity index is 220. The van der Waals surface area contributed by atoms with Crippen molar-refractivity contribution in [1.82, 2.24) is 5.32 Å². The zero-order chi connectivity index (χ0) is 11.7. The van der Waals surface area contributed by atoms with Gasteiger partial charge in [0.25, 0.3) is 0 Å². The van der Waals surface area contributed by atoms with Crippen molar-refractivity contribution in [2.75, 3.05) is 0 Å².